The highest BCUT2D eigenvalue weighted by Crippen LogP contribution is 2.36. The molecule has 1 N–H and O–H groups in total. The lowest BCUT2D eigenvalue weighted by atomic mass is 9.88. The van der Waals surface area contributed by atoms with Gasteiger partial charge < -0.3 is 4.90 Å². The minimum atomic E-state index is -0.715. The summed E-state index contributed by atoms with van der Waals surface area (Å²) < 4.78 is 0. The Morgan fingerprint density at radius 2 is 1.90 bits per heavy atom. The van der Waals surface area contributed by atoms with Crippen molar-refractivity contribution < 1.29 is 9.59 Å². The number of nitrogens with zero attached hydrogens (tertiary/aromatic N) is 5. The molecule has 0 aromatic carbocycles. The molecule has 20 heavy (non-hydrogen) atoms. The zero-order chi connectivity index (χ0) is 14.2. The number of tetrazole rings is 1. The molecule has 1 spiro atoms. The van der Waals surface area contributed by atoms with Gasteiger partial charge in [-0.1, -0.05) is 25.7 Å². The quantitative estimate of drug-likeness (QED) is 0.788. The number of amides is 3. The second-order valence-electron chi connectivity index (χ2n) is 5.49. The number of nitrogens with one attached hydrogen (secondary N) is 1. The summed E-state index contributed by atoms with van der Waals surface area (Å²) in [6.07, 6.45) is 5.58. The second-order valence-corrected chi connectivity index (χ2v) is 5.49. The molecule has 8 heteroatoms. The van der Waals surface area contributed by atoms with Crippen molar-refractivity contribution in [2.45, 2.75) is 50.6 Å². The number of carbonyl (C=O) groups is 2. The summed E-state index contributed by atoms with van der Waals surface area (Å²) in [5.74, 6) is 0.286. The van der Waals surface area contributed by atoms with Crippen LogP contribution in [0, 0.1) is 0 Å². The van der Waals surface area contributed by atoms with Crippen molar-refractivity contribution in [2.24, 2.45) is 7.05 Å². The first kappa shape index (κ1) is 13.0. The first-order valence-electron chi connectivity index (χ1n) is 6.98. The largest absolute Gasteiger partial charge is 0.325 e. The lowest BCUT2D eigenvalue weighted by Crippen LogP contribution is -2.49. The smallest absolute Gasteiger partial charge is 0.302 e. The van der Waals surface area contributed by atoms with Crippen LogP contribution in [0.25, 0.3) is 0 Å². The zero-order valence-corrected chi connectivity index (χ0v) is 11.5. The van der Waals surface area contributed by atoms with Gasteiger partial charge in [-0.15, -0.1) is 10.2 Å². The van der Waals surface area contributed by atoms with Crippen molar-refractivity contribution in [3.8, 4) is 0 Å². The fourth-order valence-corrected chi connectivity index (χ4v) is 3.16. The summed E-state index contributed by atoms with van der Waals surface area (Å²) in [7, 11) is 1.67. The molecular formula is C12H18N6O2. The fourth-order valence-electron chi connectivity index (χ4n) is 3.16. The maximum absolute atomic E-state index is 12.3. The fraction of sp³-hybridized carbons (Fsp3) is 0.750. The second kappa shape index (κ2) is 4.84. The molecule has 1 aliphatic heterocycles. The van der Waals surface area contributed by atoms with Crippen LogP contribution in [0.5, 0.6) is 0 Å². The SMILES string of the molecule is Cn1nnc(CN2C(=O)NC(=O)C23CCCCCC3)n1. The predicted molar refractivity (Wildman–Crippen MR) is 68.3 cm³/mol. The van der Waals surface area contributed by atoms with Crippen molar-refractivity contribution in [1.29, 1.82) is 0 Å². The maximum atomic E-state index is 12.3. The van der Waals surface area contributed by atoms with Gasteiger partial charge in [-0.25, -0.2) is 4.79 Å². The Hall–Kier alpha value is -1.99. The molecule has 1 aromatic heterocycles. The van der Waals surface area contributed by atoms with Crippen LogP contribution in [0.2, 0.25) is 0 Å². The summed E-state index contributed by atoms with van der Waals surface area (Å²) in [5, 5.41) is 14.2. The standard InChI is InChI=1S/C12H18N6O2/c1-17-15-9(14-16-17)8-18-11(20)13-10(19)12(18)6-4-2-3-5-7-12/h2-8H2,1H3,(H,13,19,20). The van der Waals surface area contributed by atoms with Crippen molar-refractivity contribution in [2.75, 3.05) is 0 Å². The number of carbonyl (C=O) groups excluding carboxylic acids is 2. The van der Waals surface area contributed by atoms with E-state index in [1.165, 1.54) is 4.80 Å². The van der Waals surface area contributed by atoms with Gasteiger partial charge in [-0.2, -0.15) is 4.80 Å². The van der Waals surface area contributed by atoms with Gasteiger partial charge >= 0.3 is 6.03 Å². The number of hydrogen-bond acceptors (Lipinski definition) is 5. The molecule has 0 bridgehead atoms. The third kappa shape index (κ3) is 2.04. The van der Waals surface area contributed by atoms with E-state index in [1.54, 1.807) is 11.9 Å². The third-order valence-electron chi connectivity index (χ3n) is 4.18. The first-order valence-corrected chi connectivity index (χ1v) is 6.98. The van der Waals surface area contributed by atoms with E-state index >= 15 is 0 Å². The van der Waals surface area contributed by atoms with Crippen LogP contribution >= 0.6 is 0 Å². The van der Waals surface area contributed by atoms with Gasteiger partial charge in [-0.3, -0.25) is 10.1 Å². The Bertz CT molecular complexity index is 532. The molecule has 3 amide bonds. The number of aryl methyl sites for hydroxylation is 1. The Morgan fingerprint density at radius 1 is 1.20 bits per heavy atom. The topological polar surface area (TPSA) is 93.0 Å². The van der Waals surface area contributed by atoms with Crippen LogP contribution in [0.3, 0.4) is 0 Å². The highest BCUT2D eigenvalue weighted by Gasteiger charge is 2.52. The Morgan fingerprint density at radius 3 is 2.50 bits per heavy atom. The van der Waals surface area contributed by atoms with Crippen molar-refractivity contribution in [3.63, 3.8) is 0 Å². The van der Waals surface area contributed by atoms with E-state index in [4.69, 9.17) is 0 Å². The van der Waals surface area contributed by atoms with Crippen LogP contribution < -0.4 is 5.32 Å². The summed E-state index contributed by atoms with van der Waals surface area (Å²) in [4.78, 5) is 27.3. The Kier molecular flexibility index (Phi) is 3.15. The molecule has 2 heterocycles. The minimum absolute atomic E-state index is 0.173. The molecule has 0 radical (unpaired) electrons. The molecule has 0 unspecified atom stereocenters. The molecule has 2 aliphatic rings. The van der Waals surface area contributed by atoms with Crippen molar-refractivity contribution in [1.82, 2.24) is 30.4 Å². The normalized spacial score (nSPS) is 22.1. The minimum Gasteiger partial charge on any atom is -0.302 e. The molecule has 3 rings (SSSR count). The number of aromatic nitrogens is 4. The van der Waals surface area contributed by atoms with Gasteiger partial charge in [-0.05, 0) is 18.1 Å². The molecule has 1 aliphatic carbocycles. The highest BCUT2D eigenvalue weighted by atomic mass is 16.2. The number of hydrogen-bond donors (Lipinski definition) is 1. The zero-order valence-electron chi connectivity index (χ0n) is 11.5. The highest BCUT2D eigenvalue weighted by molar-refractivity contribution is 6.06. The van der Waals surface area contributed by atoms with Crippen LogP contribution in [-0.4, -0.2) is 42.6 Å². The van der Waals surface area contributed by atoms with Gasteiger partial charge in [0.15, 0.2) is 5.82 Å². The van der Waals surface area contributed by atoms with E-state index in [2.05, 4.69) is 20.7 Å². The van der Waals surface area contributed by atoms with Crippen LogP contribution in [0.1, 0.15) is 44.3 Å². The molecule has 1 saturated carbocycles. The van der Waals surface area contributed by atoms with E-state index in [0.29, 0.717) is 18.7 Å². The number of rotatable bonds is 2. The summed E-state index contributed by atoms with van der Waals surface area (Å²) in [5.41, 5.74) is -0.715. The van der Waals surface area contributed by atoms with Gasteiger partial charge in [0.2, 0.25) is 0 Å². The van der Waals surface area contributed by atoms with Crippen LogP contribution in [-0.2, 0) is 18.4 Å². The third-order valence-corrected chi connectivity index (χ3v) is 4.18. The van der Waals surface area contributed by atoms with Crippen molar-refractivity contribution >= 4 is 11.9 Å². The average molecular weight is 278 g/mol. The molecule has 2 fully saturated rings. The van der Waals surface area contributed by atoms with E-state index in [9.17, 15) is 9.59 Å². The average Bonchev–Trinajstić information content (AvgIpc) is 2.80. The molecule has 108 valence electrons. The summed E-state index contributed by atoms with van der Waals surface area (Å²) in [6, 6.07) is -0.343. The lowest BCUT2D eigenvalue weighted by molar-refractivity contribution is -0.127. The summed E-state index contributed by atoms with van der Waals surface area (Å²) in [6.45, 7) is 0.228. The van der Waals surface area contributed by atoms with Crippen molar-refractivity contribution in [3.05, 3.63) is 5.82 Å². The summed E-state index contributed by atoms with van der Waals surface area (Å²) >= 11 is 0. The molecule has 1 aromatic rings. The molecule has 0 atom stereocenters. The molecule has 8 nitrogen and oxygen atoms in total. The van der Waals surface area contributed by atoms with Gasteiger partial charge in [0.25, 0.3) is 5.91 Å². The molecule has 1 saturated heterocycles. The monoisotopic (exact) mass is 278 g/mol. The Balaban J connectivity index is 1.88. The van der Waals surface area contributed by atoms with E-state index < -0.39 is 5.54 Å². The van der Waals surface area contributed by atoms with E-state index in [0.717, 1.165) is 25.7 Å². The van der Waals surface area contributed by atoms with Gasteiger partial charge in [0, 0.05) is 0 Å². The predicted octanol–water partition coefficient (Wildman–Crippen LogP) is 0.355. The van der Waals surface area contributed by atoms with Crippen LogP contribution in [0.15, 0.2) is 0 Å². The van der Waals surface area contributed by atoms with Gasteiger partial charge in [0.1, 0.15) is 5.54 Å². The maximum Gasteiger partial charge on any atom is 0.325 e. The number of urea groups is 1. The lowest BCUT2D eigenvalue weighted by Gasteiger charge is -2.33. The van der Waals surface area contributed by atoms with Gasteiger partial charge in [0.05, 0.1) is 13.6 Å². The first-order chi connectivity index (χ1) is 9.62. The number of imide groups is 1. The molecular weight excluding hydrogens is 260 g/mol. The van der Waals surface area contributed by atoms with Crippen LogP contribution in [0.4, 0.5) is 4.79 Å². The van der Waals surface area contributed by atoms with E-state index in [1.807, 2.05) is 0 Å². The van der Waals surface area contributed by atoms with E-state index in [-0.39, 0.29) is 18.5 Å². The Labute approximate surface area is 116 Å².